The molecule has 0 aliphatic carbocycles. The summed E-state index contributed by atoms with van der Waals surface area (Å²) in [6, 6.07) is 6.40. The molecular weight excluding hydrogens is 462 g/mol. The number of nitrogens with zero attached hydrogens (tertiary/aromatic N) is 3. The number of benzene rings is 1. The number of carbonyl (C=O) groups excluding carboxylic acids is 1. The van der Waals surface area contributed by atoms with E-state index in [-0.39, 0.29) is 35.1 Å². The number of rotatable bonds is 6. The van der Waals surface area contributed by atoms with Crippen LogP contribution in [0.4, 0.5) is 0 Å². The van der Waals surface area contributed by atoms with E-state index in [0.717, 1.165) is 55.3 Å². The molecule has 0 radical (unpaired) electrons. The first kappa shape index (κ1) is 25.6. The number of amides is 1. The molecule has 2 aliphatic heterocycles. The van der Waals surface area contributed by atoms with E-state index in [9.17, 15) is 13.2 Å². The molecule has 0 spiro atoms. The summed E-state index contributed by atoms with van der Waals surface area (Å²) in [6.07, 6.45) is 9.08. The third-order valence-electron chi connectivity index (χ3n) is 7.40. The van der Waals surface area contributed by atoms with E-state index < -0.39 is 10.0 Å². The molecule has 4 rings (SSSR count). The van der Waals surface area contributed by atoms with Crippen LogP contribution in [-0.2, 0) is 14.8 Å². The van der Waals surface area contributed by atoms with E-state index in [0.29, 0.717) is 18.7 Å². The molecular formula is C27H37N3O4S. The van der Waals surface area contributed by atoms with Crippen molar-refractivity contribution in [3.63, 3.8) is 0 Å². The van der Waals surface area contributed by atoms with Gasteiger partial charge in [-0.15, -0.1) is 0 Å². The molecule has 8 heteroatoms. The van der Waals surface area contributed by atoms with Crippen LogP contribution in [0.1, 0.15) is 73.6 Å². The number of carbonyl (C=O) groups is 1. The Morgan fingerprint density at radius 1 is 1.11 bits per heavy atom. The summed E-state index contributed by atoms with van der Waals surface area (Å²) in [4.78, 5) is 15.5. The normalized spacial score (nSPS) is 22.1. The second-order valence-electron chi connectivity index (χ2n) is 9.95. The molecule has 1 amide bonds. The molecule has 7 nitrogen and oxygen atoms in total. The Balaban J connectivity index is 1.57. The SMILES string of the molecule is CCC1CCCCN1C(=O)C1CCCN(S(=O)(=O)c2c(C)noc2C=Cc2cc(C)ccc2C)C1. The van der Waals surface area contributed by atoms with Crippen molar-refractivity contribution in [3.8, 4) is 0 Å². The van der Waals surface area contributed by atoms with Gasteiger partial charge in [-0.1, -0.05) is 41.9 Å². The van der Waals surface area contributed by atoms with E-state index in [1.165, 1.54) is 4.31 Å². The van der Waals surface area contributed by atoms with E-state index in [1.807, 2.05) is 43.0 Å². The van der Waals surface area contributed by atoms with E-state index in [1.54, 1.807) is 13.0 Å². The fourth-order valence-electron chi connectivity index (χ4n) is 5.34. The first-order valence-electron chi connectivity index (χ1n) is 12.7. The smallest absolute Gasteiger partial charge is 0.248 e. The molecule has 1 aromatic carbocycles. The molecule has 1 aromatic heterocycles. The van der Waals surface area contributed by atoms with Gasteiger partial charge in [0.2, 0.25) is 15.9 Å². The first-order chi connectivity index (χ1) is 16.7. The van der Waals surface area contributed by atoms with Crippen LogP contribution in [0.2, 0.25) is 0 Å². The van der Waals surface area contributed by atoms with Crippen molar-refractivity contribution in [2.24, 2.45) is 5.92 Å². The third-order valence-corrected chi connectivity index (χ3v) is 9.42. The number of sulfonamides is 1. The average molecular weight is 500 g/mol. The Labute approximate surface area is 209 Å². The van der Waals surface area contributed by atoms with Crippen molar-refractivity contribution in [2.45, 2.75) is 77.2 Å². The van der Waals surface area contributed by atoms with Crippen LogP contribution in [0, 0.1) is 26.7 Å². The van der Waals surface area contributed by atoms with Gasteiger partial charge in [-0.2, -0.15) is 4.31 Å². The second-order valence-corrected chi connectivity index (χ2v) is 11.8. The minimum atomic E-state index is -3.86. The van der Waals surface area contributed by atoms with Crippen LogP contribution in [0.3, 0.4) is 0 Å². The molecule has 2 aromatic rings. The Hall–Kier alpha value is -2.45. The molecule has 0 saturated carbocycles. The van der Waals surface area contributed by atoms with Gasteiger partial charge in [0.25, 0.3) is 0 Å². The number of aryl methyl sites for hydroxylation is 3. The Morgan fingerprint density at radius 2 is 1.91 bits per heavy atom. The van der Waals surface area contributed by atoms with Gasteiger partial charge in [-0.25, -0.2) is 8.42 Å². The number of hydrogen-bond donors (Lipinski definition) is 0. The molecule has 0 N–H and O–H groups in total. The highest BCUT2D eigenvalue weighted by atomic mass is 32.2. The summed E-state index contributed by atoms with van der Waals surface area (Å²) in [5.74, 6) is 0.0206. The fourth-order valence-corrected chi connectivity index (χ4v) is 7.12. The molecule has 35 heavy (non-hydrogen) atoms. The van der Waals surface area contributed by atoms with E-state index in [2.05, 4.69) is 12.1 Å². The molecule has 3 heterocycles. The van der Waals surface area contributed by atoms with Gasteiger partial charge < -0.3 is 9.42 Å². The Bertz CT molecular complexity index is 1200. The maximum atomic E-state index is 13.8. The zero-order valence-corrected chi connectivity index (χ0v) is 22.1. The van der Waals surface area contributed by atoms with Gasteiger partial charge in [0, 0.05) is 25.7 Å². The third kappa shape index (κ3) is 5.38. The summed E-state index contributed by atoms with van der Waals surface area (Å²) in [7, 11) is -3.86. The maximum absolute atomic E-state index is 13.8. The van der Waals surface area contributed by atoms with Gasteiger partial charge in [-0.05, 0) is 76.5 Å². The van der Waals surface area contributed by atoms with Gasteiger partial charge >= 0.3 is 0 Å². The van der Waals surface area contributed by atoms with Crippen molar-refractivity contribution in [1.82, 2.24) is 14.4 Å². The minimum Gasteiger partial charge on any atom is -0.355 e. The summed E-state index contributed by atoms with van der Waals surface area (Å²) in [6.45, 7) is 9.18. The highest BCUT2D eigenvalue weighted by Crippen LogP contribution is 2.31. The van der Waals surface area contributed by atoms with Crippen molar-refractivity contribution >= 4 is 28.1 Å². The number of hydrogen-bond acceptors (Lipinski definition) is 5. The number of piperidine rings is 2. The lowest BCUT2D eigenvalue weighted by atomic mass is 9.93. The van der Waals surface area contributed by atoms with Crippen LogP contribution in [0.25, 0.3) is 12.2 Å². The predicted octanol–water partition coefficient (Wildman–Crippen LogP) is 4.96. The monoisotopic (exact) mass is 499 g/mol. The molecule has 2 atom stereocenters. The van der Waals surface area contributed by atoms with E-state index in [4.69, 9.17) is 4.52 Å². The standard InChI is InChI=1S/C27H37N3O4S/c1-5-24-10-6-7-16-30(24)27(31)23-9-8-15-29(18-23)35(32,33)26-21(4)28-34-25(26)14-13-22-17-19(2)11-12-20(22)3/h11-14,17,23-24H,5-10,15-16,18H2,1-4H3. The van der Waals surface area contributed by atoms with E-state index >= 15 is 0 Å². The quantitative estimate of drug-likeness (QED) is 0.561. The van der Waals surface area contributed by atoms with Crippen LogP contribution in [0.5, 0.6) is 0 Å². The molecule has 0 bridgehead atoms. The predicted molar refractivity (Wildman–Crippen MR) is 137 cm³/mol. The van der Waals surface area contributed by atoms with Gasteiger partial charge in [-0.3, -0.25) is 4.79 Å². The highest BCUT2D eigenvalue weighted by Gasteiger charge is 2.39. The second kappa shape index (κ2) is 10.7. The van der Waals surface area contributed by atoms with Gasteiger partial charge in [0.1, 0.15) is 5.69 Å². The molecule has 2 saturated heterocycles. The van der Waals surface area contributed by atoms with Crippen LogP contribution in [0.15, 0.2) is 27.6 Å². The molecule has 2 fully saturated rings. The lowest BCUT2D eigenvalue weighted by Crippen LogP contribution is -2.51. The van der Waals surface area contributed by atoms with Gasteiger partial charge in [0.05, 0.1) is 5.92 Å². The molecule has 2 unspecified atom stereocenters. The van der Waals surface area contributed by atoms with Gasteiger partial charge in [0.15, 0.2) is 10.7 Å². The highest BCUT2D eigenvalue weighted by molar-refractivity contribution is 7.89. The van der Waals surface area contributed by atoms with Crippen molar-refractivity contribution in [1.29, 1.82) is 0 Å². The van der Waals surface area contributed by atoms with Crippen LogP contribution in [-0.4, -0.2) is 54.4 Å². The Kier molecular flexibility index (Phi) is 7.81. The average Bonchev–Trinajstić information content (AvgIpc) is 3.25. The summed E-state index contributed by atoms with van der Waals surface area (Å²) >= 11 is 0. The van der Waals surface area contributed by atoms with Crippen molar-refractivity contribution in [2.75, 3.05) is 19.6 Å². The number of aromatic nitrogens is 1. The Morgan fingerprint density at radius 3 is 2.69 bits per heavy atom. The summed E-state index contributed by atoms with van der Waals surface area (Å²) in [5.41, 5.74) is 3.55. The fraction of sp³-hybridized carbons (Fsp3) is 0.556. The largest absolute Gasteiger partial charge is 0.355 e. The minimum absolute atomic E-state index is 0.0940. The summed E-state index contributed by atoms with van der Waals surface area (Å²) < 4.78 is 34.4. The lowest BCUT2D eigenvalue weighted by molar-refractivity contribution is -0.140. The van der Waals surface area contributed by atoms with Crippen LogP contribution < -0.4 is 0 Å². The molecule has 190 valence electrons. The maximum Gasteiger partial charge on any atom is 0.248 e. The zero-order chi connectivity index (χ0) is 25.2. The number of likely N-dealkylation sites (tertiary alicyclic amines) is 1. The van der Waals surface area contributed by atoms with Crippen molar-refractivity contribution in [3.05, 3.63) is 46.3 Å². The van der Waals surface area contributed by atoms with Crippen LogP contribution >= 0.6 is 0 Å². The zero-order valence-electron chi connectivity index (χ0n) is 21.3. The lowest BCUT2D eigenvalue weighted by Gasteiger charge is -2.40. The first-order valence-corrected chi connectivity index (χ1v) is 14.2. The molecule has 2 aliphatic rings. The summed E-state index contributed by atoms with van der Waals surface area (Å²) in [5, 5.41) is 3.97. The van der Waals surface area contributed by atoms with Crippen molar-refractivity contribution < 1.29 is 17.7 Å². The topological polar surface area (TPSA) is 83.7 Å².